The molecule has 0 unspecified atom stereocenters. The molecule has 1 fully saturated rings. The fourth-order valence-electron chi connectivity index (χ4n) is 4.21. The van der Waals surface area contributed by atoms with Gasteiger partial charge in [-0.3, -0.25) is 4.79 Å². The summed E-state index contributed by atoms with van der Waals surface area (Å²) in [6.07, 6.45) is 3.19. The molecule has 1 saturated heterocycles. The third kappa shape index (κ3) is 4.22. The molecule has 0 aromatic heterocycles. The summed E-state index contributed by atoms with van der Waals surface area (Å²) in [6.45, 7) is 4.39. The van der Waals surface area contributed by atoms with Gasteiger partial charge in [0.25, 0.3) is 0 Å². The summed E-state index contributed by atoms with van der Waals surface area (Å²) in [6, 6.07) is 16.6. The normalized spacial score (nSPS) is 19.8. The summed E-state index contributed by atoms with van der Waals surface area (Å²) in [5, 5.41) is 3.59. The van der Waals surface area contributed by atoms with Crippen molar-refractivity contribution >= 4 is 5.97 Å². The summed E-state index contributed by atoms with van der Waals surface area (Å²) in [5.41, 5.74) is 1.37. The molecule has 0 aliphatic carbocycles. The highest BCUT2D eigenvalue weighted by Gasteiger charge is 2.47. The molecule has 1 aliphatic heterocycles. The summed E-state index contributed by atoms with van der Waals surface area (Å²) in [5.74, 6) is -0.369. The minimum absolute atomic E-state index is 0.0315. The summed E-state index contributed by atoms with van der Waals surface area (Å²) in [4.78, 5) is 13.1. The van der Waals surface area contributed by atoms with Crippen molar-refractivity contribution in [3.8, 4) is 0 Å². The van der Waals surface area contributed by atoms with Gasteiger partial charge in [-0.05, 0) is 48.9 Å². The van der Waals surface area contributed by atoms with Crippen molar-refractivity contribution in [3.63, 3.8) is 0 Å². The van der Waals surface area contributed by atoms with E-state index in [1.54, 1.807) is 12.1 Å². The van der Waals surface area contributed by atoms with Crippen molar-refractivity contribution in [1.82, 2.24) is 5.32 Å². The van der Waals surface area contributed by atoms with Gasteiger partial charge in [-0.15, -0.1) is 0 Å². The Labute approximate surface area is 160 Å². The Morgan fingerprint density at radius 2 is 1.85 bits per heavy atom. The lowest BCUT2D eigenvalue weighted by molar-refractivity contribution is -0.160. The van der Waals surface area contributed by atoms with Crippen molar-refractivity contribution in [3.05, 3.63) is 71.5 Å². The minimum Gasteiger partial charge on any atom is -0.460 e. The zero-order valence-electron chi connectivity index (χ0n) is 16.1. The first-order chi connectivity index (χ1) is 13.1. The standard InChI is InChI=1S/C23H28FNO2/c1-3-23(4-2,22(26)27-16-17-9-6-5-7-10-17)21-14-13-20(25-21)18-11-8-12-19(24)15-18/h5-12,15,20-21,25H,3-4,13-14,16H2,1-2H3/t20-,21+/m0/s1. The molecule has 1 aliphatic rings. The SMILES string of the molecule is CCC(CC)(C(=O)OCc1ccccc1)[C@H]1CC[C@@H](c2cccc(F)c2)N1. The predicted molar refractivity (Wildman–Crippen MR) is 105 cm³/mol. The quantitative estimate of drug-likeness (QED) is 0.685. The van der Waals surface area contributed by atoms with Gasteiger partial charge >= 0.3 is 5.97 Å². The molecule has 0 saturated carbocycles. The number of carbonyl (C=O) groups excluding carboxylic acids is 1. The Bertz CT molecular complexity index is 758. The number of esters is 1. The van der Waals surface area contributed by atoms with Crippen LogP contribution in [0.3, 0.4) is 0 Å². The summed E-state index contributed by atoms with van der Waals surface area (Å²) in [7, 11) is 0. The lowest BCUT2D eigenvalue weighted by atomic mass is 9.75. The van der Waals surface area contributed by atoms with Crippen LogP contribution in [0.25, 0.3) is 0 Å². The second kappa shape index (κ2) is 8.66. The number of benzene rings is 2. The van der Waals surface area contributed by atoms with E-state index in [0.29, 0.717) is 19.4 Å². The van der Waals surface area contributed by atoms with Crippen LogP contribution in [0.1, 0.15) is 56.7 Å². The van der Waals surface area contributed by atoms with Crippen LogP contribution >= 0.6 is 0 Å². The van der Waals surface area contributed by atoms with Gasteiger partial charge in [0.15, 0.2) is 0 Å². The Hall–Kier alpha value is -2.20. The number of carbonyl (C=O) groups is 1. The van der Waals surface area contributed by atoms with E-state index in [1.165, 1.54) is 6.07 Å². The molecule has 1 N–H and O–H groups in total. The maximum Gasteiger partial charge on any atom is 0.313 e. The lowest BCUT2D eigenvalue weighted by Gasteiger charge is -2.35. The molecule has 2 aromatic carbocycles. The van der Waals surface area contributed by atoms with Crippen LogP contribution in [-0.2, 0) is 16.1 Å². The molecular weight excluding hydrogens is 341 g/mol. The zero-order valence-corrected chi connectivity index (χ0v) is 16.1. The summed E-state index contributed by atoms with van der Waals surface area (Å²) < 4.78 is 19.3. The van der Waals surface area contributed by atoms with Gasteiger partial charge in [-0.2, -0.15) is 0 Å². The van der Waals surface area contributed by atoms with Crippen molar-refractivity contribution in [1.29, 1.82) is 0 Å². The molecule has 2 atom stereocenters. The monoisotopic (exact) mass is 369 g/mol. The first-order valence-corrected chi connectivity index (χ1v) is 9.81. The average Bonchev–Trinajstić information content (AvgIpc) is 3.19. The minimum atomic E-state index is -0.559. The van der Waals surface area contributed by atoms with Gasteiger partial charge in [0.1, 0.15) is 12.4 Å². The molecule has 27 heavy (non-hydrogen) atoms. The number of nitrogens with one attached hydrogen (secondary N) is 1. The van der Waals surface area contributed by atoms with E-state index in [-0.39, 0.29) is 23.9 Å². The van der Waals surface area contributed by atoms with Crippen molar-refractivity contribution in [2.45, 2.75) is 58.2 Å². The first-order valence-electron chi connectivity index (χ1n) is 9.81. The smallest absolute Gasteiger partial charge is 0.313 e. The Kier molecular flexibility index (Phi) is 6.27. The molecule has 0 amide bonds. The van der Waals surface area contributed by atoms with Crippen molar-refractivity contribution in [2.24, 2.45) is 5.41 Å². The van der Waals surface area contributed by atoms with E-state index in [2.05, 4.69) is 5.32 Å². The molecule has 4 heteroatoms. The molecule has 2 aromatic rings. The summed E-state index contributed by atoms with van der Waals surface area (Å²) >= 11 is 0. The number of ether oxygens (including phenoxy) is 1. The molecule has 3 rings (SSSR count). The van der Waals surface area contributed by atoms with Crippen LogP contribution in [0.4, 0.5) is 4.39 Å². The van der Waals surface area contributed by atoms with Gasteiger partial charge in [0.05, 0.1) is 5.41 Å². The molecule has 0 bridgehead atoms. The van der Waals surface area contributed by atoms with Crippen molar-refractivity contribution in [2.75, 3.05) is 0 Å². The van der Waals surface area contributed by atoms with Gasteiger partial charge in [-0.1, -0.05) is 56.3 Å². The van der Waals surface area contributed by atoms with E-state index in [4.69, 9.17) is 4.74 Å². The van der Waals surface area contributed by atoms with Crippen LogP contribution in [0.2, 0.25) is 0 Å². The van der Waals surface area contributed by atoms with Crippen LogP contribution in [0, 0.1) is 11.2 Å². The number of halogens is 1. The number of rotatable bonds is 7. The van der Waals surface area contributed by atoms with Crippen LogP contribution < -0.4 is 5.32 Å². The van der Waals surface area contributed by atoms with Crippen molar-refractivity contribution < 1.29 is 13.9 Å². The molecule has 3 nitrogen and oxygen atoms in total. The van der Waals surface area contributed by atoms with Gasteiger partial charge in [-0.25, -0.2) is 4.39 Å². The molecule has 1 heterocycles. The van der Waals surface area contributed by atoms with E-state index >= 15 is 0 Å². The molecule has 0 spiro atoms. The second-order valence-corrected chi connectivity index (χ2v) is 7.33. The average molecular weight is 369 g/mol. The number of hydrogen-bond donors (Lipinski definition) is 1. The van der Waals surface area contributed by atoms with E-state index in [0.717, 1.165) is 24.0 Å². The topological polar surface area (TPSA) is 38.3 Å². The highest BCUT2D eigenvalue weighted by molar-refractivity contribution is 5.78. The highest BCUT2D eigenvalue weighted by Crippen LogP contribution is 2.41. The zero-order chi connectivity index (χ0) is 19.3. The Morgan fingerprint density at radius 3 is 2.52 bits per heavy atom. The van der Waals surface area contributed by atoms with Gasteiger partial charge in [0, 0.05) is 12.1 Å². The second-order valence-electron chi connectivity index (χ2n) is 7.33. The Morgan fingerprint density at radius 1 is 1.11 bits per heavy atom. The van der Waals surface area contributed by atoms with E-state index in [1.807, 2.05) is 50.2 Å². The predicted octanol–water partition coefficient (Wildman–Crippen LogP) is 5.17. The fourth-order valence-corrected chi connectivity index (χ4v) is 4.21. The maximum atomic E-state index is 13.6. The van der Waals surface area contributed by atoms with E-state index < -0.39 is 5.41 Å². The van der Waals surface area contributed by atoms with Crippen LogP contribution in [-0.4, -0.2) is 12.0 Å². The third-order valence-electron chi connectivity index (χ3n) is 5.95. The van der Waals surface area contributed by atoms with Gasteiger partial charge < -0.3 is 10.1 Å². The fraction of sp³-hybridized carbons (Fsp3) is 0.435. The molecule has 0 radical (unpaired) electrons. The lowest BCUT2D eigenvalue weighted by Crippen LogP contribution is -2.48. The first kappa shape index (κ1) is 19.6. The number of hydrogen-bond acceptors (Lipinski definition) is 3. The van der Waals surface area contributed by atoms with Crippen LogP contribution in [0.5, 0.6) is 0 Å². The third-order valence-corrected chi connectivity index (χ3v) is 5.95. The van der Waals surface area contributed by atoms with E-state index in [9.17, 15) is 9.18 Å². The largest absolute Gasteiger partial charge is 0.460 e. The molecular formula is C23H28FNO2. The molecule has 144 valence electrons. The maximum absolute atomic E-state index is 13.6. The Balaban J connectivity index is 1.71. The highest BCUT2D eigenvalue weighted by atomic mass is 19.1. The van der Waals surface area contributed by atoms with Crippen LogP contribution in [0.15, 0.2) is 54.6 Å². The van der Waals surface area contributed by atoms with Gasteiger partial charge in [0.2, 0.25) is 0 Å².